The first kappa shape index (κ1) is 19.0. The van der Waals surface area contributed by atoms with Crippen LogP contribution in [0.1, 0.15) is 29.8 Å². The number of phenols is 1. The molecule has 0 amide bonds. The van der Waals surface area contributed by atoms with Gasteiger partial charge in [-0.25, -0.2) is 4.79 Å². The molecule has 0 radical (unpaired) electrons. The van der Waals surface area contributed by atoms with Crippen LogP contribution in [0.25, 0.3) is 0 Å². The largest absolute Gasteiger partial charge is 0.507 e. The van der Waals surface area contributed by atoms with Gasteiger partial charge in [-0.2, -0.15) is 0 Å². The fourth-order valence-corrected chi connectivity index (χ4v) is 3.51. The number of para-hydroxylation sites is 1. The van der Waals surface area contributed by atoms with E-state index in [1.165, 1.54) is 24.3 Å². The van der Waals surface area contributed by atoms with Gasteiger partial charge in [0.15, 0.2) is 12.4 Å². The van der Waals surface area contributed by atoms with Gasteiger partial charge in [-0.15, -0.1) is 0 Å². The monoisotopic (exact) mass is 385 g/mol. The van der Waals surface area contributed by atoms with Crippen LogP contribution >= 0.6 is 11.6 Å². The summed E-state index contributed by atoms with van der Waals surface area (Å²) >= 11 is 5.83. The molecule has 0 saturated heterocycles. The van der Waals surface area contributed by atoms with E-state index in [0.717, 1.165) is 16.9 Å². The summed E-state index contributed by atoms with van der Waals surface area (Å²) in [5, 5.41) is 10.0. The van der Waals surface area contributed by atoms with Gasteiger partial charge in [0, 0.05) is 34.9 Å². The molecule has 2 aromatic carbocycles. The molecular formula is C21H20ClNO4. The van der Waals surface area contributed by atoms with E-state index in [1.54, 1.807) is 0 Å². The maximum absolute atomic E-state index is 12.4. The van der Waals surface area contributed by atoms with Crippen LogP contribution in [0.4, 0.5) is 5.69 Å². The standard InChI is InChI=1S/C21H20ClNO4/c1-21(2)16-6-4-5-7-17(16)23(3)19(21)11-14(24)12-27-20(26)15-10-13(22)8-9-18(15)25/h4-11,25H,12H2,1-3H3. The molecule has 0 spiro atoms. The van der Waals surface area contributed by atoms with E-state index >= 15 is 0 Å². The highest BCUT2D eigenvalue weighted by molar-refractivity contribution is 6.31. The SMILES string of the molecule is CN1C(=CC(=O)COC(=O)c2cc(Cl)ccc2O)C(C)(C)c2ccccc21. The zero-order valence-corrected chi connectivity index (χ0v) is 16.1. The van der Waals surface area contributed by atoms with E-state index < -0.39 is 12.6 Å². The van der Waals surface area contributed by atoms with E-state index in [2.05, 4.69) is 0 Å². The number of hydrogen-bond acceptors (Lipinski definition) is 5. The zero-order valence-electron chi connectivity index (χ0n) is 15.3. The minimum Gasteiger partial charge on any atom is -0.507 e. The van der Waals surface area contributed by atoms with Crippen LogP contribution in [-0.4, -0.2) is 30.5 Å². The van der Waals surface area contributed by atoms with Gasteiger partial charge in [0.2, 0.25) is 0 Å². The van der Waals surface area contributed by atoms with Crippen molar-refractivity contribution in [2.45, 2.75) is 19.3 Å². The lowest BCUT2D eigenvalue weighted by atomic mass is 9.83. The maximum Gasteiger partial charge on any atom is 0.342 e. The highest BCUT2D eigenvalue weighted by Crippen LogP contribution is 2.46. The molecule has 0 saturated carbocycles. The van der Waals surface area contributed by atoms with Gasteiger partial charge in [-0.1, -0.05) is 43.6 Å². The average molecular weight is 386 g/mol. The van der Waals surface area contributed by atoms with Crippen LogP contribution in [-0.2, 0) is 14.9 Å². The molecule has 140 valence electrons. The van der Waals surface area contributed by atoms with Crippen LogP contribution in [0.2, 0.25) is 5.02 Å². The first-order valence-corrected chi connectivity index (χ1v) is 8.83. The van der Waals surface area contributed by atoms with E-state index in [-0.39, 0.29) is 22.5 Å². The van der Waals surface area contributed by atoms with E-state index in [1.807, 2.05) is 50.1 Å². The highest BCUT2D eigenvalue weighted by atomic mass is 35.5. The molecule has 1 aliphatic rings. The number of phenolic OH excluding ortho intramolecular Hbond substituents is 1. The van der Waals surface area contributed by atoms with Gasteiger partial charge < -0.3 is 14.7 Å². The number of carbonyl (C=O) groups excluding carboxylic acids is 2. The van der Waals surface area contributed by atoms with Crippen molar-refractivity contribution in [2.24, 2.45) is 0 Å². The molecule has 0 atom stereocenters. The third-order valence-electron chi connectivity index (χ3n) is 4.76. The molecule has 5 nitrogen and oxygen atoms in total. The summed E-state index contributed by atoms with van der Waals surface area (Å²) in [7, 11) is 1.91. The Hall–Kier alpha value is -2.79. The minimum atomic E-state index is -0.802. The Balaban J connectivity index is 1.74. The number of likely N-dealkylation sites (N-methyl/N-ethyl adjacent to an activating group) is 1. The predicted octanol–water partition coefficient (Wildman–Crippen LogP) is 4.08. The van der Waals surface area contributed by atoms with Gasteiger partial charge in [0.05, 0.1) is 0 Å². The number of esters is 1. The number of fused-ring (bicyclic) bond motifs is 1. The second-order valence-electron chi connectivity index (χ2n) is 6.93. The number of rotatable bonds is 4. The normalized spacial score (nSPS) is 16.3. The number of allylic oxidation sites excluding steroid dienone is 1. The van der Waals surface area contributed by atoms with Crippen molar-refractivity contribution in [2.75, 3.05) is 18.6 Å². The van der Waals surface area contributed by atoms with Crippen molar-refractivity contribution in [3.05, 3.63) is 70.4 Å². The number of nitrogens with zero attached hydrogens (tertiary/aromatic N) is 1. The summed E-state index contributed by atoms with van der Waals surface area (Å²) in [6, 6.07) is 12.0. The summed E-state index contributed by atoms with van der Waals surface area (Å²) in [4.78, 5) is 26.5. The molecule has 3 rings (SSSR count). The van der Waals surface area contributed by atoms with Crippen LogP contribution in [0.15, 0.2) is 54.2 Å². The summed E-state index contributed by atoms with van der Waals surface area (Å²) in [6.07, 6.45) is 1.51. The Morgan fingerprint density at radius 2 is 1.93 bits per heavy atom. The van der Waals surface area contributed by atoms with Crippen molar-refractivity contribution in [3.63, 3.8) is 0 Å². The van der Waals surface area contributed by atoms with Gasteiger partial charge in [0.25, 0.3) is 0 Å². The lowest BCUT2D eigenvalue weighted by Gasteiger charge is -2.23. The Labute approximate surface area is 162 Å². The van der Waals surface area contributed by atoms with Crippen molar-refractivity contribution >= 4 is 29.0 Å². The molecule has 0 aliphatic carbocycles. The molecule has 0 aromatic heterocycles. The average Bonchev–Trinajstić information content (AvgIpc) is 2.83. The first-order valence-electron chi connectivity index (χ1n) is 8.45. The predicted molar refractivity (Wildman–Crippen MR) is 104 cm³/mol. The van der Waals surface area contributed by atoms with Gasteiger partial charge in [0.1, 0.15) is 11.3 Å². The molecule has 27 heavy (non-hydrogen) atoms. The van der Waals surface area contributed by atoms with E-state index in [4.69, 9.17) is 16.3 Å². The summed E-state index contributed by atoms with van der Waals surface area (Å²) in [5.74, 6) is -1.39. The van der Waals surface area contributed by atoms with E-state index in [0.29, 0.717) is 5.02 Å². The quantitative estimate of drug-likeness (QED) is 0.634. The minimum absolute atomic E-state index is 0.0753. The van der Waals surface area contributed by atoms with Gasteiger partial charge >= 0.3 is 5.97 Å². The smallest absolute Gasteiger partial charge is 0.342 e. The second kappa shape index (κ2) is 7.08. The van der Waals surface area contributed by atoms with Crippen LogP contribution in [0.5, 0.6) is 5.75 Å². The molecule has 1 aliphatic heterocycles. The summed E-state index contributed by atoms with van der Waals surface area (Å²) in [5.41, 5.74) is 2.59. The van der Waals surface area contributed by atoms with Crippen molar-refractivity contribution in [1.29, 1.82) is 0 Å². The van der Waals surface area contributed by atoms with Crippen LogP contribution < -0.4 is 4.90 Å². The van der Waals surface area contributed by atoms with Crippen LogP contribution in [0.3, 0.4) is 0 Å². The van der Waals surface area contributed by atoms with Gasteiger partial charge in [-0.3, -0.25) is 4.79 Å². The maximum atomic E-state index is 12.4. The molecule has 0 unspecified atom stereocenters. The Morgan fingerprint density at radius 3 is 2.63 bits per heavy atom. The van der Waals surface area contributed by atoms with E-state index in [9.17, 15) is 14.7 Å². The fourth-order valence-electron chi connectivity index (χ4n) is 3.34. The number of aromatic hydroxyl groups is 1. The third-order valence-corrected chi connectivity index (χ3v) is 5.00. The van der Waals surface area contributed by atoms with Crippen molar-refractivity contribution in [3.8, 4) is 5.75 Å². The Morgan fingerprint density at radius 1 is 1.22 bits per heavy atom. The molecule has 6 heteroatoms. The summed E-state index contributed by atoms with van der Waals surface area (Å²) < 4.78 is 5.05. The zero-order chi connectivity index (χ0) is 19.8. The number of hydrogen-bond donors (Lipinski definition) is 1. The van der Waals surface area contributed by atoms with Crippen LogP contribution in [0, 0.1) is 0 Å². The summed E-state index contributed by atoms with van der Waals surface area (Å²) in [6.45, 7) is 3.67. The number of carbonyl (C=O) groups is 2. The molecule has 1 N–H and O–H groups in total. The van der Waals surface area contributed by atoms with Crippen molar-refractivity contribution < 1.29 is 19.4 Å². The second-order valence-corrected chi connectivity index (χ2v) is 7.37. The lowest BCUT2D eigenvalue weighted by Crippen LogP contribution is -2.25. The molecular weight excluding hydrogens is 366 g/mol. The van der Waals surface area contributed by atoms with Gasteiger partial charge in [-0.05, 0) is 29.8 Å². The lowest BCUT2D eigenvalue weighted by molar-refractivity contribution is -0.117. The number of halogens is 1. The fraction of sp³-hybridized carbons (Fsp3) is 0.238. The third kappa shape index (κ3) is 3.55. The first-order chi connectivity index (χ1) is 12.7. The molecule has 1 heterocycles. The number of ether oxygens (including phenoxy) is 1. The molecule has 0 bridgehead atoms. The number of anilines is 1. The number of benzene rings is 2. The Kier molecular flexibility index (Phi) is 4.98. The molecule has 2 aromatic rings. The highest BCUT2D eigenvalue weighted by Gasteiger charge is 2.38. The van der Waals surface area contributed by atoms with Crippen molar-refractivity contribution in [1.82, 2.24) is 0 Å². The Bertz CT molecular complexity index is 949. The topological polar surface area (TPSA) is 66.8 Å². The molecule has 0 fully saturated rings. The number of ketones is 1.